The van der Waals surface area contributed by atoms with Crippen LogP contribution in [0.1, 0.15) is 40.5 Å². The molecule has 0 amide bonds. The first-order chi connectivity index (χ1) is 10.0. The minimum absolute atomic E-state index is 0.118. The average molecular weight is 305 g/mol. The number of benzene rings is 1. The summed E-state index contributed by atoms with van der Waals surface area (Å²) in [5.74, 6) is 0. The van der Waals surface area contributed by atoms with Gasteiger partial charge in [0.25, 0.3) is 0 Å². The highest BCUT2D eigenvalue weighted by Crippen LogP contribution is 2.19. The molecule has 1 aromatic rings. The predicted molar refractivity (Wildman–Crippen MR) is 91.9 cm³/mol. The third kappa shape index (κ3) is 5.99. The van der Waals surface area contributed by atoms with Crippen molar-refractivity contribution in [1.82, 2.24) is 0 Å². The van der Waals surface area contributed by atoms with E-state index in [4.69, 9.17) is 18.1 Å². The molecule has 1 aromatic carbocycles. The van der Waals surface area contributed by atoms with E-state index in [1.807, 2.05) is 18.2 Å². The van der Waals surface area contributed by atoms with E-state index in [0.717, 1.165) is 37.1 Å². The van der Waals surface area contributed by atoms with Gasteiger partial charge in [-0.15, -0.1) is 0 Å². The van der Waals surface area contributed by atoms with Crippen molar-refractivity contribution in [2.75, 3.05) is 18.0 Å². The summed E-state index contributed by atoms with van der Waals surface area (Å²) in [5, 5.41) is 27.6. The van der Waals surface area contributed by atoms with E-state index in [1.54, 1.807) is 27.7 Å². The van der Waals surface area contributed by atoms with Gasteiger partial charge in [0.1, 0.15) is 7.85 Å². The van der Waals surface area contributed by atoms with Crippen LogP contribution in [0.3, 0.4) is 0 Å². The van der Waals surface area contributed by atoms with Gasteiger partial charge in [0.2, 0.25) is 0 Å². The fourth-order valence-corrected chi connectivity index (χ4v) is 1.85. The number of rotatable bonds is 2. The summed E-state index contributed by atoms with van der Waals surface area (Å²) in [6.45, 7) is 8.15. The Balaban J connectivity index is 0.000000261. The van der Waals surface area contributed by atoms with Crippen LogP contribution >= 0.6 is 0 Å². The Labute approximate surface area is 135 Å². The molecule has 122 valence electrons. The van der Waals surface area contributed by atoms with Crippen LogP contribution in [0.15, 0.2) is 24.3 Å². The molecule has 0 unspecified atom stereocenters. The second-order valence-electron chi connectivity index (χ2n) is 6.93. The molecule has 0 spiro atoms. The molecular weight excluding hydrogens is 277 g/mol. The van der Waals surface area contributed by atoms with Gasteiger partial charge in [-0.05, 0) is 52.7 Å². The summed E-state index contributed by atoms with van der Waals surface area (Å²) in [6.07, 6.45) is 1.59. The molecule has 0 aliphatic carbocycles. The SMILES string of the molecule is CC(C)(O)C(C)(C)O.[B]c1cccc(N2CCC(O)CC2)c1. The monoisotopic (exact) mass is 305 g/mol. The summed E-state index contributed by atoms with van der Waals surface area (Å²) in [4.78, 5) is 2.27. The first-order valence-corrected chi connectivity index (χ1v) is 7.74. The first-order valence-electron chi connectivity index (χ1n) is 7.74. The molecule has 22 heavy (non-hydrogen) atoms. The van der Waals surface area contributed by atoms with E-state index >= 15 is 0 Å². The molecule has 5 heteroatoms. The van der Waals surface area contributed by atoms with Crippen molar-refractivity contribution in [3.8, 4) is 0 Å². The highest BCUT2D eigenvalue weighted by Gasteiger charge is 2.31. The highest BCUT2D eigenvalue weighted by atomic mass is 16.3. The molecule has 1 fully saturated rings. The minimum atomic E-state index is -1.01. The van der Waals surface area contributed by atoms with Crippen molar-refractivity contribution < 1.29 is 15.3 Å². The maximum Gasteiger partial charge on any atom is 0.113 e. The maximum absolute atomic E-state index is 9.38. The summed E-state index contributed by atoms with van der Waals surface area (Å²) in [7, 11) is 5.72. The normalized spacial score (nSPS) is 17.0. The van der Waals surface area contributed by atoms with Crippen LogP contribution < -0.4 is 10.4 Å². The zero-order valence-electron chi connectivity index (χ0n) is 14.1. The lowest BCUT2D eigenvalue weighted by Gasteiger charge is -2.31. The summed E-state index contributed by atoms with van der Waals surface area (Å²) in [6, 6.07) is 7.91. The van der Waals surface area contributed by atoms with Crippen LogP contribution in [0.25, 0.3) is 0 Å². The number of anilines is 1. The van der Waals surface area contributed by atoms with E-state index in [2.05, 4.69) is 11.0 Å². The zero-order valence-corrected chi connectivity index (χ0v) is 14.1. The fraction of sp³-hybridized carbons (Fsp3) is 0.647. The standard InChI is InChI=1S/C11H14BNO.C6H14O2/c12-9-2-1-3-10(8-9)13-6-4-11(14)5-7-13;1-5(2,7)6(3,4)8/h1-3,8,11,14H,4-7H2;7-8H,1-4H3. The lowest BCUT2D eigenvalue weighted by molar-refractivity contribution is -0.107. The molecule has 4 nitrogen and oxygen atoms in total. The van der Waals surface area contributed by atoms with Crippen LogP contribution in [-0.2, 0) is 0 Å². The van der Waals surface area contributed by atoms with Crippen LogP contribution in [-0.4, -0.2) is 53.6 Å². The lowest BCUT2D eigenvalue weighted by atomic mass is 9.90. The molecular formula is C17H28BNO3. The Morgan fingerprint density at radius 2 is 1.55 bits per heavy atom. The predicted octanol–water partition coefficient (Wildman–Crippen LogP) is 0.970. The third-order valence-electron chi connectivity index (χ3n) is 4.20. The Bertz CT molecular complexity index is 446. The first kappa shape index (κ1) is 19.0. The van der Waals surface area contributed by atoms with Gasteiger partial charge in [0, 0.05) is 18.8 Å². The van der Waals surface area contributed by atoms with E-state index < -0.39 is 11.2 Å². The summed E-state index contributed by atoms with van der Waals surface area (Å²) in [5.41, 5.74) is -0.0504. The zero-order chi connectivity index (χ0) is 17.0. The van der Waals surface area contributed by atoms with E-state index in [1.165, 1.54) is 0 Å². The second kappa shape index (κ2) is 7.49. The van der Waals surface area contributed by atoms with Gasteiger partial charge in [-0.3, -0.25) is 0 Å². The van der Waals surface area contributed by atoms with Crippen LogP contribution in [0.5, 0.6) is 0 Å². The molecule has 0 atom stereocenters. The molecule has 3 N–H and O–H groups in total. The molecule has 1 saturated heterocycles. The number of aliphatic hydroxyl groups excluding tert-OH is 1. The average Bonchev–Trinajstić information content (AvgIpc) is 2.38. The maximum atomic E-state index is 9.38. The van der Waals surface area contributed by atoms with Gasteiger partial charge in [0.15, 0.2) is 0 Å². The van der Waals surface area contributed by atoms with Gasteiger partial charge in [-0.2, -0.15) is 0 Å². The molecule has 1 heterocycles. The number of piperidine rings is 1. The second-order valence-corrected chi connectivity index (χ2v) is 6.93. The van der Waals surface area contributed by atoms with E-state index in [9.17, 15) is 5.11 Å². The topological polar surface area (TPSA) is 63.9 Å². The Morgan fingerprint density at radius 3 is 1.95 bits per heavy atom. The van der Waals surface area contributed by atoms with Gasteiger partial charge in [0.05, 0.1) is 17.3 Å². The number of nitrogens with zero attached hydrogens (tertiary/aromatic N) is 1. The van der Waals surface area contributed by atoms with Crippen LogP contribution in [0, 0.1) is 0 Å². The minimum Gasteiger partial charge on any atom is -0.393 e. The van der Waals surface area contributed by atoms with Gasteiger partial charge in [-0.1, -0.05) is 17.6 Å². The van der Waals surface area contributed by atoms with Gasteiger partial charge in [-0.25, -0.2) is 0 Å². The van der Waals surface area contributed by atoms with Crippen LogP contribution in [0.4, 0.5) is 5.69 Å². The quantitative estimate of drug-likeness (QED) is 0.713. The molecule has 0 aromatic heterocycles. The number of hydrogen-bond donors (Lipinski definition) is 3. The highest BCUT2D eigenvalue weighted by molar-refractivity contribution is 6.32. The molecule has 1 aliphatic heterocycles. The Kier molecular flexibility index (Phi) is 6.47. The van der Waals surface area contributed by atoms with Crippen molar-refractivity contribution >= 4 is 19.0 Å². The third-order valence-corrected chi connectivity index (χ3v) is 4.20. The molecule has 2 rings (SSSR count). The van der Waals surface area contributed by atoms with E-state index in [-0.39, 0.29) is 6.10 Å². The Hall–Kier alpha value is -1.04. The molecule has 2 radical (unpaired) electrons. The number of aliphatic hydroxyl groups is 3. The molecule has 0 bridgehead atoms. The lowest BCUT2D eigenvalue weighted by Crippen LogP contribution is -2.44. The molecule has 0 saturated carbocycles. The molecule has 1 aliphatic rings. The van der Waals surface area contributed by atoms with Crippen molar-refractivity contribution in [3.05, 3.63) is 24.3 Å². The number of hydrogen-bond acceptors (Lipinski definition) is 4. The smallest absolute Gasteiger partial charge is 0.113 e. The van der Waals surface area contributed by atoms with Crippen molar-refractivity contribution in [2.45, 2.75) is 57.8 Å². The van der Waals surface area contributed by atoms with Crippen molar-refractivity contribution in [1.29, 1.82) is 0 Å². The fourth-order valence-electron chi connectivity index (χ4n) is 1.85. The largest absolute Gasteiger partial charge is 0.393 e. The van der Waals surface area contributed by atoms with Gasteiger partial charge < -0.3 is 20.2 Å². The summed E-state index contributed by atoms with van der Waals surface area (Å²) < 4.78 is 0. The van der Waals surface area contributed by atoms with Crippen molar-refractivity contribution in [2.24, 2.45) is 0 Å². The van der Waals surface area contributed by atoms with Crippen molar-refractivity contribution in [3.63, 3.8) is 0 Å². The Morgan fingerprint density at radius 1 is 1.05 bits per heavy atom. The van der Waals surface area contributed by atoms with E-state index in [0.29, 0.717) is 0 Å². The summed E-state index contributed by atoms with van der Waals surface area (Å²) >= 11 is 0. The van der Waals surface area contributed by atoms with Crippen LogP contribution in [0.2, 0.25) is 0 Å². The van der Waals surface area contributed by atoms with Gasteiger partial charge >= 0.3 is 0 Å².